The van der Waals surface area contributed by atoms with E-state index in [1.807, 2.05) is 0 Å². The van der Waals surface area contributed by atoms with Gasteiger partial charge >= 0.3 is 6.03 Å². The molecule has 0 unspecified atom stereocenters. The minimum absolute atomic E-state index is 0.0682. The van der Waals surface area contributed by atoms with Crippen LogP contribution in [0.5, 0.6) is 0 Å². The Bertz CT molecular complexity index is 554. The Labute approximate surface area is 132 Å². The summed E-state index contributed by atoms with van der Waals surface area (Å²) in [4.78, 5) is 22.8. The summed E-state index contributed by atoms with van der Waals surface area (Å²) in [5.41, 5.74) is 0.471. The Balaban J connectivity index is 2.77. The summed E-state index contributed by atoms with van der Waals surface area (Å²) >= 11 is 11.6. The van der Waals surface area contributed by atoms with Crippen LogP contribution in [0.15, 0.2) is 12.1 Å². The van der Waals surface area contributed by atoms with Crippen molar-refractivity contribution in [3.63, 3.8) is 0 Å². The third-order valence-corrected chi connectivity index (χ3v) is 3.48. The first-order valence-electron chi connectivity index (χ1n) is 6.19. The van der Waals surface area contributed by atoms with Crippen molar-refractivity contribution in [2.75, 3.05) is 7.05 Å². The molecule has 5 nitrogen and oxygen atoms in total. The highest BCUT2D eigenvalue weighted by Gasteiger charge is 2.20. The number of rotatable bonds is 4. The molecule has 2 atom stereocenters. The number of hydrogen-bond donors (Lipinski definition) is 3. The lowest BCUT2D eigenvalue weighted by Gasteiger charge is -2.20. The van der Waals surface area contributed by atoms with Gasteiger partial charge in [-0.3, -0.25) is 15.4 Å². The van der Waals surface area contributed by atoms with Crippen LogP contribution >= 0.6 is 23.2 Å². The van der Waals surface area contributed by atoms with E-state index in [0.29, 0.717) is 10.6 Å². The van der Waals surface area contributed by atoms with Crippen molar-refractivity contribution in [1.29, 1.82) is 0 Å². The first-order chi connectivity index (χ1) is 9.76. The second-order valence-electron chi connectivity index (χ2n) is 4.47. The molecule has 0 aromatic heterocycles. The van der Waals surface area contributed by atoms with Gasteiger partial charge < -0.3 is 5.32 Å². The molecule has 0 spiro atoms. The SMILES string of the molecule is CNC(=O)NC(=O)[C@H](C)N[C@H](C)c1cc(F)c(Cl)cc1Cl. The van der Waals surface area contributed by atoms with Crippen LogP contribution in [0.4, 0.5) is 9.18 Å². The van der Waals surface area contributed by atoms with Crippen molar-refractivity contribution in [2.24, 2.45) is 0 Å². The van der Waals surface area contributed by atoms with Gasteiger partial charge in [0.15, 0.2) is 0 Å². The van der Waals surface area contributed by atoms with E-state index in [4.69, 9.17) is 23.2 Å². The zero-order valence-electron chi connectivity index (χ0n) is 11.8. The molecule has 21 heavy (non-hydrogen) atoms. The average molecular weight is 336 g/mol. The maximum absolute atomic E-state index is 13.5. The van der Waals surface area contributed by atoms with Crippen LogP contribution in [0.25, 0.3) is 0 Å². The lowest BCUT2D eigenvalue weighted by molar-refractivity contribution is -0.121. The van der Waals surface area contributed by atoms with Crippen molar-refractivity contribution >= 4 is 35.1 Å². The van der Waals surface area contributed by atoms with Crippen molar-refractivity contribution in [2.45, 2.75) is 25.9 Å². The number of benzene rings is 1. The molecule has 0 aliphatic rings. The molecule has 0 radical (unpaired) electrons. The van der Waals surface area contributed by atoms with Gasteiger partial charge in [-0.2, -0.15) is 0 Å². The highest BCUT2D eigenvalue weighted by atomic mass is 35.5. The molecule has 1 rings (SSSR count). The number of hydrogen-bond acceptors (Lipinski definition) is 3. The Morgan fingerprint density at radius 3 is 2.38 bits per heavy atom. The lowest BCUT2D eigenvalue weighted by Crippen LogP contribution is -2.47. The highest BCUT2D eigenvalue weighted by molar-refractivity contribution is 6.35. The molecule has 0 saturated carbocycles. The quantitative estimate of drug-likeness (QED) is 0.741. The molecule has 0 aliphatic carbocycles. The van der Waals surface area contributed by atoms with Crippen LogP contribution in [0, 0.1) is 5.82 Å². The molecule has 1 aromatic rings. The maximum atomic E-state index is 13.5. The second-order valence-corrected chi connectivity index (χ2v) is 5.28. The summed E-state index contributed by atoms with van der Waals surface area (Å²) in [6, 6.07) is 0.839. The molecule has 3 N–H and O–H groups in total. The van der Waals surface area contributed by atoms with Crippen LogP contribution in [-0.2, 0) is 4.79 Å². The fraction of sp³-hybridized carbons (Fsp3) is 0.385. The molecule has 8 heteroatoms. The molecule has 116 valence electrons. The van der Waals surface area contributed by atoms with Gasteiger partial charge in [-0.05, 0) is 31.5 Å². The van der Waals surface area contributed by atoms with Crippen molar-refractivity contribution in [1.82, 2.24) is 16.0 Å². The highest BCUT2D eigenvalue weighted by Crippen LogP contribution is 2.28. The molecule has 1 aromatic carbocycles. The van der Waals surface area contributed by atoms with E-state index in [9.17, 15) is 14.0 Å². The molecule has 3 amide bonds. The van der Waals surface area contributed by atoms with Gasteiger partial charge in [0.1, 0.15) is 5.82 Å². The first-order valence-corrected chi connectivity index (χ1v) is 6.95. The van der Waals surface area contributed by atoms with E-state index in [1.165, 1.54) is 19.2 Å². The number of urea groups is 1. The van der Waals surface area contributed by atoms with E-state index in [0.717, 1.165) is 0 Å². The van der Waals surface area contributed by atoms with E-state index in [-0.39, 0.29) is 5.02 Å². The predicted molar refractivity (Wildman–Crippen MR) is 80.0 cm³/mol. The summed E-state index contributed by atoms with van der Waals surface area (Å²) in [6.07, 6.45) is 0. The van der Waals surface area contributed by atoms with Crippen LogP contribution in [0.2, 0.25) is 10.0 Å². The molecule has 0 aliphatic heterocycles. The minimum atomic E-state index is -0.674. The second kappa shape index (κ2) is 7.59. The summed E-state index contributed by atoms with van der Waals surface area (Å²) in [5, 5.41) is 7.57. The van der Waals surface area contributed by atoms with Crippen molar-refractivity contribution in [3.05, 3.63) is 33.6 Å². The van der Waals surface area contributed by atoms with Gasteiger partial charge in [-0.25, -0.2) is 9.18 Å². The maximum Gasteiger partial charge on any atom is 0.321 e. The van der Waals surface area contributed by atoms with Crippen molar-refractivity contribution < 1.29 is 14.0 Å². The minimum Gasteiger partial charge on any atom is -0.341 e. The van der Waals surface area contributed by atoms with E-state index in [1.54, 1.807) is 13.8 Å². The fourth-order valence-corrected chi connectivity index (χ4v) is 2.24. The Morgan fingerprint density at radius 2 is 1.81 bits per heavy atom. The molecule has 0 bridgehead atoms. The van der Waals surface area contributed by atoms with Crippen LogP contribution in [-0.4, -0.2) is 25.0 Å². The first kappa shape index (κ1) is 17.7. The van der Waals surface area contributed by atoms with Gasteiger partial charge in [0.2, 0.25) is 5.91 Å². The van der Waals surface area contributed by atoms with Gasteiger partial charge in [0.25, 0.3) is 0 Å². The van der Waals surface area contributed by atoms with Crippen LogP contribution in [0.3, 0.4) is 0 Å². The molecule has 0 heterocycles. The Morgan fingerprint density at radius 1 is 1.19 bits per heavy atom. The molecular formula is C13H16Cl2FN3O2. The number of carbonyl (C=O) groups excluding carboxylic acids is 2. The normalized spacial score (nSPS) is 13.4. The predicted octanol–water partition coefficient (Wildman–Crippen LogP) is 2.63. The average Bonchev–Trinajstić information content (AvgIpc) is 2.42. The Hall–Kier alpha value is -1.37. The van der Waals surface area contributed by atoms with E-state index >= 15 is 0 Å². The smallest absolute Gasteiger partial charge is 0.321 e. The summed E-state index contributed by atoms with van der Waals surface area (Å²) < 4.78 is 13.5. The van der Waals surface area contributed by atoms with Crippen molar-refractivity contribution in [3.8, 4) is 0 Å². The summed E-state index contributed by atoms with van der Waals surface area (Å²) in [6.45, 7) is 3.30. The third kappa shape index (κ3) is 4.84. The van der Waals surface area contributed by atoms with Crippen LogP contribution < -0.4 is 16.0 Å². The molecule has 0 saturated heterocycles. The third-order valence-electron chi connectivity index (χ3n) is 2.86. The molecular weight excluding hydrogens is 320 g/mol. The van der Waals surface area contributed by atoms with E-state index in [2.05, 4.69) is 16.0 Å². The number of carbonyl (C=O) groups is 2. The fourth-order valence-electron chi connectivity index (χ4n) is 1.69. The number of nitrogens with one attached hydrogen (secondary N) is 3. The summed E-state index contributed by atoms with van der Waals surface area (Å²) in [5.74, 6) is -1.10. The number of halogens is 3. The van der Waals surface area contributed by atoms with Gasteiger partial charge in [0.05, 0.1) is 11.1 Å². The Kier molecular flexibility index (Phi) is 6.39. The zero-order chi connectivity index (χ0) is 16.2. The largest absolute Gasteiger partial charge is 0.341 e. The summed E-state index contributed by atoms with van der Waals surface area (Å²) in [7, 11) is 1.40. The van der Waals surface area contributed by atoms with Gasteiger partial charge in [0, 0.05) is 18.1 Å². The number of imide groups is 1. The monoisotopic (exact) mass is 335 g/mol. The topological polar surface area (TPSA) is 70.2 Å². The molecule has 0 fully saturated rings. The van der Waals surface area contributed by atoms with Crippen LogP contribution in [0.1, 0.15) is 25.5 Å². The lowest BCUT2D eigenvalue weighted by atomic mass is 10.1. The van der Waals surface area contributed by atoms with E-state index < -0.39 is 29.8 Å². The van der Waals surface area contributed by atoms with Gasteiger partial charge in [-0.15, -0.1) is 0 Å². The standard InChI is InChI=1S/C13H16Cl2FN3O2/c1-6(8-4-11(16)10(15)5-9(8)14)18-7(2)12(20)19-13(21)17-3/h4-7,18H,1-3H3,(H2,17,19,20,21)/t6-,7+/m1/s1. The zero-order valence-corrected chi connectivity index (χ0v) is 13.3. The van der Waals surface area contributed by atoms with Gasteiger partial charge in [-0.1, -0.05) is 23.2 Å². The number of amides is 3.